The Hall–Kier alpha value is -1.03. The predicted octanol–water partition coefficient (Wildman–Crippen LogP) is 2.65. The van der Waals surface area contributed by atoms with Gasteiger partial charge in [0.15, 0.2) is 0 Å². The molecule has 0 aromatic heterocycles. The Bertz CT molecular complexity index is 293. The second-order valence-electron chi connectivity index (χ2n) is 3.39. The van der Waals surface area contributed by atoms with Crippen molar-refractivity contribution in [2.75, 3.05) is 0 Å². The van der Waals surface area contributed by atoms with E-state index in [1.165, 1.54) is 6.92 Å². The van der Waals surface area contributed by atoms with Gasteiger partial charge < -0.3 is 5.73 Å². The van der Waals surface area contributed by atoms with Crippen LogP contribution >= 0.6 is 0 Å². The first-order valence-corrected chi connectivity index (χ1v) is 4.31. The summed E-state index contributed by atoms with van der Waals surface area (Å²) in [5.74, 6) is -3.51. The minimum Gasteiger partial charge on any atom is -0.328 e. The van der Waals surface area contributed by atoms with Crippen LogP contribution in [0.4, 0.5) is 13.2 Å². The summed E-state index contributed by atoms with van der Waals surface area (Å²) in [6.45, 7) is 1.51. The SMILES string of the molecule is CC(N)CC(F)(F)c1ccc(F)cc1. The molecule has 0 fully saturated rings. The third kappa shape index (κ3) is 2.73. The topological polar surface area (TPSA) is 26.0 Å². The van der Waals surface area contributed by atoms with Crippen molar-refractivity contribution in [3.8, 4) is 0 Å². The number of hydrogen-bond donors (Lipinski definition) is 1. The van der Waals surface area contributed by atoms with Gasteiger partial charge in [-0.3, -0.25) is 0 Å². The molecule has 1 unspecified atom stereocenters. The highest BCUT2D eigenvalue weighted by atomic mass is 19.3. The lowest BCUT2D eigenvalue weighted by molar-refractivity contribution is -0.0181. The van der Waals surface area contributed by atoms with Crippen LogP contribution in [0.3, 0.4) is 0 Å². The van der Waals surface area contributed by atoms with Gasteiger partial charge in [-0.2, -0.15) is 0 Å². The summed E-state index contributed by atoms with van der Waals surface area (Å²) in [6.07, 6.45) is -0.432. The third-order valence-electron chi connectivity index (χ3n) is 1.84. The molecule has 0 spiro atoms. The monoisotopic (exact) mass is 203 g/mol. The average molecular weight is 203 g/mol. The summed E-state index contributed by atoms with van der Waals surface area (Å²) in [5, 5.41) is 0. The smallest absolute Gasteiger partial charge is 0.274 e. The van der Waals surface area contributed by atoms with Crippen molar-refractivity contribution in [2.24, 2.45) is 5.73 Å². The van der Waals surface area contributed by atoms with Crippen molar-refractivity contribution in [3.05, 3.63) is 35.6 Å². The van der Waals surface area contributed by atoms with Gasteiger partial charge in [0.25, 0.3) is 5.92 Å². The average Bonchev–Trinajstić information content (AvgIpc) is 2.02. The Morgan fingerprint density at radius 3 is 2.21 bits per heavy atom. The second-order valence-corrected chi connectivity index (χ2v) is 3.39. The summed E-state index contributed by atoms with van der Waals surface area (Å²) in [4.78, 5) is 0. The summed E-state index contributed by atoms with van der Waals surface area (Å²) < 4.78 is 39.1. The Morgan fingerprint density at radius 1 is 1.29 bits per heavy atom. The van der Waals surface area contributed by atoms with Gasteiger partial charge in [-0.25, -0.2) is 13.2 Å². The molecule has 1 nitrogen and oxygen atoms in total. The number of halogens is 3. The van der Waals surface area contributed by atoms with Crippen molar-refractivity contribution in [2.45, 2.75) is 25.3 Å². The molecule has 1 aromatic carbocycles. The van der Waals surface area contributed by atoms with Crippen LogP contribution in [0.5, 0.6) is 0 Å². The van der Waals surface area contributed by atoms with Gasteiger partial charge in [0.2, 0.25) is 0 Å². The van der Waals surface area contributed by atoms with Gasteiger partial charge in [0.05, 0.1) is 0 Å². The molecule has 0 amide bonds. The van der Waals surface area contributed by atoms with E-state index in [9.17, 15) is 13.2 Å². The fourth-order valence-corrected chi connectivity index (χ4v) is 1.22. The molecule has 0 saturated heterocycles. The zero-order valence-corrected chi connectivity index (χ0v) is 7.81. The molecule has 14 heavy (non-hydrogen) atoms. The quantitative estimate of drug-likeness (QED) is 0.803. The molecule has 0 bridgehead atoms. The van der Waals surface area contributed by atoms with E-state index in [0.29, 0.717) is 0 Å². The standard InChI is InChI=1S/C10H12F3N/c1-7(14)6-10(12,13)8-2-4-9(11)5-3-8/h2-5,7H,6,14H2,1H3. The molecule has 0 saturated carbocycles. The van der Waals surface area contributed by atoms with Crippen molar-refractivity contribution < 1.29 is 13.2 Å². The van der Waals surface area contributed by atoms with Crippen molar-refractivity contribution in [1.82, 2.24) is 0 Å². The molecule has 78 valence electrons. The number of alkyl halides is 2. The van der Waals surface area contributed by atoms with E-state index in [1.54, 1.807) is 0 Å². The number of benzene rings is 1. The molecular weight excluding hydrogens is 191 g/mol. The fourth-order valence-electron chi connectivity index (χ4n) is 1.22. The van der Waals surface area contributed by atoms with Crippen molar-refractivity contribution in [1.29, 1.82) is 0 Å². The predicted molar refractivity (Wildman–Crippen MR) is 48.6 cm³/mol. The zero-order chi connectivity index (χ0) is 10.8. The lowest BCUT2D eigenvalue weighted by Crippen LogP contribution is -2.26. The van der Waals surface area contributed by atoms with Crippen LogP contribution in [0.1, 0.15) is 18.9 Å². The molecule has 0 radical (unpaired) electrons. The van der Waals surface area contributed by atoms with E-state index in [1.807, 2.05) is 0 Å². The molecule has 4 heteroatoms. The summed E-state index contributed by atoms with van der Waals surface area (Å²) in [5.41, 5.74) is 5.09. The fraction of sp³-hybridized carbons (Fsp3) is 0.400. The van der Waals surface area contributed by atoms with E-state index < -0.39 is 24.2 Å². The highest BCUT2D eigenvalue weighted by molar-refractivity contribution is 5.21. The van der Waals surface area contributed by atoms with Crippen LogP contribution in [0, 0.1) is 5.82 Å². The van der Waals surface area contributed by atoms with Crippen molar-refractivity contribution in [3.63, 3.8) is 0 Å². The van der Waals surface area contributed by atoms with Gasteiger partial charge in [-0.05, 0) is 19.1 Å². The number of hydrogen-bond acceptors (Lipinski definition) is 1. The normalized spacial score (nSPS) is 14.1. The van der Waals surface area contributed by atoms with E-state index in [2.05, 4.69) is 0 Å². The summed E-state index contributed by atoms with van der Waals surface area (Å²) in [6, 6.07) is 3.61. The molecule has 1 atom stereocenters. The van der Waals surface area contributed by atoms with Gasteiger partial charge in [-0.15, -0.1) is 0 Å². The maximum Gasteiger partial charge on any atom is 0.274 e. The lowest BCUT2D eigenvalue weighted by Gasteiger charge is -2.18. The van der Waals surface area contributed by atoms with Crippen LogP contribution in [-0.2, 0) is 5.92 Å². The van der Waals surface area contributed by atoms with E-state index in [0.717, 1.165) is 24.3 Å². The van der Waals surface area contributed by atoms with Crippen LogP contribution in [0.15, 0.2) is 24.3 Å². The largest absolute Gasteiger partial charge is 0.328 e. The van der Waals surface area contributed by atoms with E-state index in [4.69, 9.17) is 5.73 Å². The minimum atomic E-state index is -2.98. The van der Waals surface area contributed by atoms with E-state index in [-0.39, 0.29) is 5.56 Å². The van der Waals surface area contributed by atoms with Gasteiger partial charge >= 0.3 is 0 Å². The Labute approximate surface area is 80.7 Å². The highest BCUT2D eigenvalue weighted by Gasteiger charge is 2.32. The Balaban J connectivity index is 2.86. The molecule has 2 N–H and O–H groups in total. The zero-order valence-electron chi connectivity index (χ0n) is 7.81. The molecule has 1 aromatic rings. The maximum atomic E-state index is 13.3. The minimum absolute atomic E-state index is 0.198. The van der Waals surface area contributed by atoms with Crippen LogP contribution in [0.2, 0.25) is 0 Å². The van der Waals surface area contributed by atoms with Gasteiger partial charge in [0, 0.05) is 18.0 Å². The second kappa shape index (κ2) is 4.00. The summed E-state index contributed by atoms with van der Waals surface area (Å²) in [7, 11) is 0. The summed E-state index contributed by atoms with van der Waals surface area (Å²) >= 11 is 0. The maximum absolute atomic E-state index is 13.3. The van der Waals surface area contributed by atoms with Crippen molar-refractivity contribution >= 4 is 0 Å². The number of nitrogens with two attached hydrogens (primary N) is 1. The Kier molecular flexibility index (Phi) is 3.16. The molecular formula is C10H12F3N. The highest BCUT2D eigenvalue weighted by Crippen LogP contribution is 2.32. The van der Waals surface area contributed by atoms with Gasteiger partial charge in [-0.1, -0.05) is 12.1 Å². The lowest BCUT2D eigenvalue weighted by atomic mass is 10.0. The molecule has 0 aliphatic heterocycles. The van der Waals surface area contributed by atoms with Gasteiger partial charge in [0.1, 0.15) is 5.82 Å². The first-order valence-electron chi connectivity index (χ1n) is 4.31. The molecule has 0 aliphatic rings. The first-order chi connectivity index (χ1) is 6.42. The van der Waals surface area contributed by atoms with Crippen LogP contribution < -0.4 is 5.73 Å². The molecule has 1 rings (SSSR count). The van der Waals surface area contributed by atoms with Crippen LogP contribution in [0.25, 0.3) is 0 Å². The third-order valence-corrected chi connectivity index (χ3v) is 1.84. The molecule has 0 heterocycles. The van der Waals surface area contributed by atoms with E-state index >= 15 is 0 Å². The molecule has 0 aliphatic carbocycles. The number of rotatable bonds is 3. The Morgan fingerprint density at radius 2 is 1.79 bits per heavy atom. The first kappa shape index (κ1) is 11.0. The van der Waals surface area contributed by atoms with Crippen LogP contribution in [-0.4, -0.2) is 6.04 Å².